The number of carbonyl (C=O) groups excluding carboxylic acids is 1. The summed E-state index contributed by atoms with van der Waals surface area (Å²) < 4.78 is 4.89. The van der Waals surface area contributed by atoms with Gasteiger partial charge in [-0.3, -0.25) is 4.79 Å². The fraction of sp³-hybridized carbons (Fsp3) is 0.700. The van der Waals surface area contributed by atoms with Gasteiger partial charge in [0, 0.05) is 6.42 Å². The van der Waals surface area contributed by atoms with Gasteiger partial charge < -0.3 is 14.9 Å². The lowest BCUT2D eigenvalue weighted by Gasteiger charge is -2.32. The third-order valence-electron chi connectivity index (χ3n) is 3.24. The van der Waals surface area contributed by atoms with Crippen molar-refractivity contribution in [2.24, 2.45) is 5.41 Å². The Kier molecular flexibility index (Phi) is 2.33. The van der Waals surface area contributed by atoms with Gasteiger partial charge in [-0.1, -0.05) is 6.08 Å². The van der Waals surface area contributed by atoms with Gasteiger partial charge in [-0.15, -0.1) is 0 Å². The number of ether oxygens (including phenoxy) is 1. The molecule has 2 atom stereocenters. The first-order chi connectivity index (χ1) is 6.69. The predicted octanol–water partition coefficient (Wildman–Crippen LogP) is -0.00690. The van der Waals surface area contributed by atoms with Gasteiger partial charge in [-0.25, -0.2) is 0 Å². The van der Waals surface area contributed by atoms with E-state index >= 15 is 0 Å². The smallest absolute Gasteiger partial charge is 0.315 e. The number of aliphatic hydroxyl groups is 2. The minimum atomic E-state index is -0.798. The standard InChI is InChI=1S/C10H14O4/c11-6-7-1-2-10(8(12)5-7)3-4-14-9(10)13/h5,8,11-12H,1-4,6H2/t8-,10-/m0/s1. The van der Waals surface area contributed by atoms with Gasteiger partial charge >= 0.3 is 5.97 Å². The van der Waals surface area contributed by atoms with Gasteiger partial charge in [0.15, 0.2) is 0 Å². The van der Waals surface area contributed by atoms with Gasteiger partial charge in [-0.05, 0) is 18.4 Å². The first kappa shape index (κ1) is 9.68. The van der Waals surface area contributed by atoms with Crippen molar-refractivity contribution >= 4 is 5.97 Å². The van der Waals surface area contributed by atoms with Crippen LogP contribution in [0.1, 0.15) is 19.3 Å². The molecule has 0 bridgehead atoms. The molecule has 1 saturated heterocycles. The molecule has 0 aromatic heterocycles. The molecule has 0 amide bonds. The summed E-state index contributed by atoms with van der Waals surface area (Å²) in [6, 6.07) is 0. The van der Waals surface area contributed by atoms with Crippen LogP contribution >= 0.6 is 0 Å². The minimum absolute atomic E-state index is 0.0395. The van der Waals surface area contributed by atoms with E-state index in [2.05, 4.69) is 0 Å². The topological polar surface area (TPSA) is 66.8 Å². The number of hydrogen-bond donors (Lipinski definition) is 2. The van der Waals surface area contributed by atoms with Crippen molar-refractivity contribution in [1.29, 1.82) is 0 Å². The second-order valence-corrected chi connectivity index (χ2v) is 3.97. The monoisotopic (exact) mass is 198 g/mol. The maximum absolute atomic E-state index is 11.5. The number of cyclic esters (lactones) is 1. The molecule has 0 radical (unpaired) electrons. The van der Waals surface area contributed by atoms with Crippen molar-refractivity contribution in [2.75, 3.05) is 13.2 Å². The van der Waals surface area contributed by atoms with Crippen molar-refractivity contribution in [3.05, 3.63) is 11.6 Å². The molecular formula is C10H14O4. The molecule has 14 heavy (non-hydrogen) atoms. The van der Waals surface area contributed by atoms with Crippen LogP contribution in [-0.4, -0.2) is 35.5 Å². The Hall–Kier alpha value is -0.870. The van der Waals surface area contributed by atoms with Crippen LogP contribution in [0.2, 0.25) is 0 Å². The molecule has 4 nitrogen and oxygen atoms in total. The molecule has 4 heteroatoms. The van der Waals surface area contributed by atoms with Crippen molar-refractivity contribution in [3.63, 3.8) is 0 Å². The quantitative estimate of drug-likeness (QED) is 0.459. The lowest BCUT2D eigenvalue weighted by molar-refractivity contribution is -0.151. The Morgan fingerprint density at radius 3 is 2.86 bits per heavy atom. The normalized spacial score (nSPS) is 37.1. The number of esters is 1. The van der Waals surface area contributed by atoms with Crippen LogP contribution < -0.4 is 0 Å². The van der Waals surface area contributed by atoms with E-state index in [4.69, 9.17) is 9.84 Å². The van der Waals surface area contributed by atoms with Gasteiger partial charge in [0.2, 0.25) is 0 Å². The maximum Gasteiger partial charge on any atom is 0.315 e. The van der Waals surface area contributed by atoms with Crippen LogP contribution in [0.3, 0.4) is 0 Å². The SMILES string of the molecule is O=C1OCC[C@]12CCC(CO)=C[C@@H]2O. The van der Waals surface area contributed by atoms with Crippen LogP contribution in [0.25, 0.3) is 0 Å². The second kappa shape index (κ2) is 3.37. The van der Waals surface area contributed by atoms with Crippen molar-refractivity contribution < 1.29 is 19.7 Å². The summed E-state index contributed by atoms with van der Waals surface area (Å²) in [5.74, 6) is -0.293. The molecule has 0 aromatic carbocycles. The van der Waals surface area contributed by atoms with E-state index in [1.54, 1.807) is 6.08 Å². The summed E-state index contributed by atoms with van der Waals surface area (Å²) in [6.07, 6.45) is 2.63. The maximum atomic E-state index is 11.5. The molecule has 2 N–H and O–H groups in total. The first-order valence-electron chi connectivity index (χ1n) is 4.85. The lowest BCUT2D eigenvalue weighted by Crippen LogP contribution is -2.40. The van der Waals surface area contributed by atoms with Crippen molar-refractivity contribution in [3.8, 4) is 0 Å². The second-order valence-electron chi connectivity index (χ2n) is 3.97. The average molecular weight is 198 g/mol. The van der Waals surface area contributed by atoms with E-state index in [9.17, 15) is 9.90 Å². The van der Waals surface area contributed by atoms with Crippen molar-refractivity contribution in [1.82, 2.24) is 0 Å². The van der Waals surface area contributed by atoms with Gasteiger partial charge in [0.25, 0.3) is 0 Å². The van der Waals surface area contributed by atoms with Crippen LogP contribution in [-0.2, 0) is 9.53 Å². The van der Waals surface area contributed by atoms with E-state index in [-0.39, 0.29) is 12.6 Å². The molecule has 2 aliphatic rings. The fourth-order valence-corrected chi connectivity index (χ4v) is 2.20. The summed E-state index contributed by atoms with van der Waals surface area (Å²) in [5.41, 5.74) is 0.0846. The van der Waals surface area contributed by atoms with Crippen LogP contribution in [0.15, 0.2) is 11.6 Å². The zero-order chi connectivity index (χ0) is 10.2. The van der Waals surface area contributed by atoms with E-state index < -0.39 is 11.5 Å². The summed E-state index contributed by atoms with van der Waals surface area (Å²) in [7, 11) is 0. The Balaban J connectivity index is 2.24. The van der Waals surface area contributed by atoms with E-state index in [1.165, 1.54) is 0 Å². The van der Waals surface area contributed by atoms with Crippen LogP contribution in [0.4, 0.5) is 0 Å². The molecule has 1 heterocycles. The Bertz CT molecular complexity index is 284. The number of aliphatic hydroxyl groups excluding tert-OH is 2. The van der Waals surface area contributed by atoms with Crippen LogP contribution in [0.5, 0.6) is 0 Å². The van der Waals surface area contributed by atoms with Crippen molar-refractivity contribution in [2.45, 2.75) is 25.4 Å². The summed E-state index contributed by atoms with van der Waals surface area (Å²) in [6.45, 7) is 0.361. The largest absolute Gasteiger partial charge is 0.465 e. The Morgan fingerprint density at radius 1 is 1.57 bits per heavy atom. The zero-order valence-corrected chi connectivity index (χ0v) is 7.90. The molecule has 0 saturated carbocycles. The average Bonchev–Trinajstić information content (AvgIpc) is 2.54. The fourth-order valence-electron chi connectivity index (χ4n) is 2.20. The van der Waals surface area contributed by atoms with Crippen LogP contribution in [0, 0.1) is 5.41 Å². The molecule has 0 aromatic rings. The lowest BCUT2D eigenvalue weighted by atomic mass is 9.72. The predicted molar refractivity (Wildman–Crippen MR) is 48.4 cm³/mol. The first-order valence-corrected chi connectivity index (χ1v) is 4.85. The highest BCUT2D eigenvalue weighted by molar-refractivity contribution is 5.80. The number of carbonyl (C=O) groups is 1. The summed E-state index contributed by atoms with van der Waals surface area (Å²) in [5, 5.41) is 18.8. The highest BCUT2D eigenvalue weighted by atomic mass is 16.5. The summed E-state index contributed by atoms with van der Waals surface area (Å²) in [4.78, 5) is 11.5. The zero-order valence-electron chi connectivity index (χ0n) is 7.90. The molecule has 1 aliphatic heterocycles. The Morgan fingerprint density at radius 2 is 2.36 bits per heavy atom. The third kappa shape index (κ3) is 1.26. The molecule has 2 rings (SSSR count). The highest BCUT2D eigenvalue weighted by Crippen LogP contribution is 2.43. The molecule has 1 aliphatic carbocycles. The third-order valence-corrected chi connectivity index (χ3v) is 3.24. The van der Waals surface area contributed by atoms with Gasteiger partial charge in [-0.2, -0.15) is 0 Å². The minimum Gasteiger partial charge on any atom is -0.465 e. The van der Waals surface area contributed by atoms with E-state index in [1.807, 2.05) is 0 Å². The molecular weight excluding hydrogens is 184 g/mol. The highest BCUT2D eigenvalue weighted by Gasteiger charge is 2.50. The van der Waals surface area contributed by atoms with E-state index in [0.717, 1.165) is 5.57 Å². The number of rotatable bonds is 1. The summed E-state index contributed by atoms with van der Waals surface area (Å²) >= 11 is 0. The molecule has 78 valence electrons. The molecule has 1 fully saturated rings. The Labute approximate surface area is 82.2 Å². The van der Waals surface area contributed by atoms with Gasteiger partial charge in [0.1, 0.15) is 5.41 Å². The van der Waals surface area contributed by atoms with E-state index in [0.29, 0.717) is 25.9 Å². The molecule has 1 spiro atoms. The van der Waals surface area contributed by atoms with Gasteiger partial charge in [0.05, 0.1) is 19.3 Å². The number of hydrogen-bond acceptors (Lipinski definition) is 4. The molecule has 0 unspecified atom stereocenters.